The first-order valence-electron chi connectivity index (χ1n) is 15.6. The van der Waals surface area contributed by atoms with Crippen molar-refractivity contribution in [2.24, 2.45) is 0 Å². The number of aromatic nitrogens is 1. The van der Waals surface area contributed by atoms with Gasteiger partial charge in [0.05, 0.1) is 54.3 Å². The summed E-state index contributed by atoms with van der Waals surface area (Å²) in [6.45, 7) is 0.725. The average Bonchev–Trinajstić information content (AvgIpc) is 3.64. The molecule has 0 bridgehead atoms. The molecule has 1 aliphatic rings. The predicted molar refractivity (Wildman–Crippen MR) is 187 cm³/mol. The number of para-hydroxylation sites is 1. The summed E-state index contributed by atoms with van der Waals surface area (Å²) in [4.78, 5) is 12.7. The first kappa shape index (κ1) is 34.1. The van der Waals surface area contributed by atoms with Crippen molar-refractivity contribution in [1.82, 2.24) is 10.5 Å². The Balaban J connectivity index is 1.08. The van der Waals surface area contributed by atoms with Crippen molar-refractivity contribution in [2.45, 2.75) is 12.6 Å². The van der Waals surface area contributed by atoms with E-state index in [0.29, 0.717) is 98.7 Å². The van der Waals surface area contributed by atoms with E-state index < -0.39 is 6.17 Å². The smallest absolute Gasteiger partial charge is 0.255 e. The molecule has 0 fully saturated rings. The third-order valence-electron chi connectivity index (χ3n) is 8.04. The van der Waals surface area contributed by atoms with Crippen LogP contribution in [0.4, 0.5) is 5.69 Å². The van der Waals surface area contributed by atoms with Crippen LogP contribution in [0.25, 0.3) is 22.6 Å². The van der Waals surface area contributed by atoms with E-state index in [1.165, 1.54) is 0 Å². The lowest BCUT2D eigenvalue weighted by Gasteiger charge is -2.28. The lowest BCUT2D eigenvalue weighted by Crippen LogP contribution is -2.38. The first-order chi connectivity index (χ1) is 24.4. The molecule has 0 spiro atoms. The molecular formula is C37H36ClN3O9. The fourth-order valence-corrected chi connectivity index (χ4v) is 5.78. The van der Waals surface area contributed by atoms with Crippen LogP contribution in [0.15, 0.2) is 77.3 Å². The van der Waals surface area contributed by atoms with E-state index in [9.17, 15) is 4.79 Å². The van der Waals surface area contributed by atoms with Gasteiger partial charge in [0.25, 0.3) is 5.91 Å². The highest BCUT2D eigenvalue weighted by Gasteiger charge is 2.26. The van der Waals surface area contributed by atoms with Gasteiger partial charge in [-0.15, -0.1) is 0 Å². The second kappa shape index (κ2) is 15.2. The molecule has 1 aliphatic heterocycles. The van der Waals surface area contributed by atoms with E-state index in [1.807, 2.05) is 42.5 Å². The quantitative estimate of drug-likeness (QED) is 0.112. The molecule has 4 aromatic carbocycles. The number of hydrogen-bond donors (Lipinski definition) is 2. The third kappa shape index (κ3) is 7.01. The van der Waals surface area contributed by atoms with Crippen LogP contribution in [-0.2, 0) is 0 Å². The molecule has 50 heavy (non-hydrogen) atoms. The maximum Gasteiger partial charge on any atom is 0.255 e. The Kier molecular flexibility index (Phi) is 10.4. The molecule has 13 heteroatoms. The number of anilines is 1. The topological polar surface area (TPSA) is 132 Å². The van der Waals surface area contributed by atoms with Crippen molar-refractivity contribution in [1.29, 1.82) is 0 Å². The summed E-state index contributed by atoms with van der Waals surface area (Å²) in [5.74, 6) is 3.94. The largest absolute Gasteiger partial charge is 0.493 e. The Morgan fingerprint density at radius 3 is 2.12 bits per heavy atom. The monoisotopic (exact) mass is 701 g/mol. The molecule has 1 amide bonds. The third-order valence-corrected chi connectivity index (χ3v) is 8.28. The molecule has 6 rings (SSSR count). The van der Waals surface area contributed by atoms with Crippen LogP contribution in [0.3, 0.4) is 0 Å². The molecule has 2 N–H and O–H groups in total. The molecular weight excluding hydrogens is 666 g/mol. The van der Waals surface area contributed by atoms with Gasteiger partial charge in [0.1, 0.15) is 11.9 Å². The fourth-order valence-electron chi connectivity index (χ4n) is 5.61. The predicted octanol–water partition coefficient (Wildman–Crippen LogP) is 7.41. The van der Waals surface area contributed by atoms with Crippen LogP contribution in [0.1, 0.15) is 28.5 Å². The number of amides is 1. The highest BCUT2D eigenvalue weighted by Crippen LogP contribution is 2.43. The molecule has 0 saturated carbocycles. The van der Waals surface area contributed by atoms with Crippen molar-refractivity contribution in [3.63, 3.8) is 0 Å². The minimum absolute atomic E-state index is 0.214. The van der Waals surface area contributed by atoms with Crippen molar-refractivity contribution < 1.29 is 42.5 Å². The van der Waals surface area contributed by atoms with E-state index in [0.717, 1.165) is 5.56 Å². The Bertz CT molecular complexity index is 1970. The van der Waals surface area contributed by atoms with Gasteiger partial charge in [-0.25, -0.2) is 0 Å². The lowest BCUT2D eigenvalue weighted by molar-refractivity contribution is 0.0935. The minimum Gasteiger partial charge on any atom is -0.493 e. The maximum absolute atomic E-state index is 12.7. The van der Waals surface area contributed by atoms with Crippen LogP contribution >= 0.6 is 11.6 Å². The lowest BCUT2D eigenvalue weighted by atomic mass is 10.1. The number of methoxy groups -OCH3 is 5. The zero-order valence-corrected chi connectivity index (χ0v) is 28.9. The van der Waals surface area contributed by atoms with E-state index >= 15 is 0 Å². The molecule has 0 radical (unpaired) electrons. The molecule has 0 saturated heterocycles. The SMILES string of the molecule is COc1cc(C2NC(=O)c3cc(Cl)ccc3N2)ccc1OCCCOc1cccc(-c2cc(-c3cc(OC)c(OC)c(OC)c3)on2)c1OC. The van der Waals surface area contributed by atoms with Crippen molar-refractivity contribution in [3.8, 4) is 62.8 Å². The fraction of sp³-hybridized carbons (Fsp3) is 0.243. The molecule has 1 unspecified atom stereocenters. The van der Waals surface area contributed by atoms with Gasteiger partial charge in [0.2, 0.25) is 5.75 Å². The summed E-state index contributed by atoms with van der Waals surface area (Å²) in [5, 5.41) is 11.1. The number of halogens is 1. The Morgan fingerprint density at radius 1 is 0.700 bits per heavy atom. The summed E-state index contributed by atoms with van der Waals surface area (Å²) in [6.07, 6.45) is 0.129. The van der Waals surface area contributed by atoms with Crippen LogP contribution < -0.4 is 43.8 Å². The standard InChI is InChI=1S/C37H36ClN3O9/c1-43-31-16-21(36-39-26-12-11-23(38)19-25(26)37(42)40-36)10-13-28(31)48-14-7-15-49-29-9-6-8-24(34(29)46-4)27-20-30(50-41-27)22-17-32(44-2)35(47-5)33(18-22)45-3/h6,8-13,16-20,36,39H,7,14-15H2,1-5H3,(H,40,42). The summed E-state index contributed by atoms with van der Waals surface area (Å²) in [7, 11) is 7.80. The van der Waals surface area contributed by atoms with E-state index in [4.69, 9.17) is 49.3 Å². The number of ether oxygens (including phenoxy) is 7. The normalized spacial score (nSPS) is 13.4. The van der Waals surface area contributed by atoms with Crippen LogP contribution in [0, 0.1) is 0 Å². The van der Waals surface area contributed by atoms with Crippen molar-refractivity contribution in [2.75, 3.05) is 54.1 Å². The van der Waals surface area contributed by atoms with Gasteiger partial charge in [0, 0.05) is 34.3 Å². The van der Waals surface area contributed by atoms with E-state index in [-0.39, 0.29) is 5.91 Å². The van der Waals surface area contributed by atoms with Gasteiger partial charge in [-0.3, -0.25) is 4.79 Å². The number of nitrogens with zero attached hydrogens (tertiary/aromatic N) is 1. The second-order valence-corrected chi connectivity index (χ2v) is 11.5. The van der Waals surface area contributed by atoms with E-state index in [2.05, 4.69) is 15.8 Å². The second-order valence-electron chi connectivity index (χ2n) is 11.0. The number of fused-ring (bicyclic) bond motifs is 1. The Labute approximate surface area is 294 Å². The summed E-state index contributed by atoms with van der Waals surface area (Å²) < 4.78 is 45.6. The van der Waals surface area contributed by atoms with Gasteiger partial charge >= 0.3 is 0 Å². The van der Waals surface area contributed by atoms with Gasteiger partial charge < -0.3 is 48.3 Å². The average molecular weight is 702 g/mol. The van der Waals surface area contributed by atoms with Gasteiger partial charge in [0.15, 0.2) is 40.3 Å². The number of hydrogen-bond acceptors (Lipinski definition) is 11. The van der Waals surface area contributed by atoms with Gasteiger partial charge in [-0.1, -0.05) is 28.9 Å². The number of carbonyl (C=O) groups is 1. The number of benzene rings is 4. The van der Waals surface area contributed by atoms with Crippen LogP contribution in [0.2, 0.25) is 5.02 Å². The molecule has 5 aromatic rings. The molecule has 2 heterocycles. The first-order valence-corrected chi connectivity index (χ1v) is 16.0. The minimum atomic E-state index is -0.448. The van der Waals surface area contributed by atoms with Crippen LogP contribution in [0.5, 0.6) is 40.2 Å². The van der Waals surface area contributed by atoms with Crippen molar-refractivity contribution in [3.05, 3.63) is 88.9 Å². The molecule has 1 aromatic heterocycles. The van der Waals surface area contributed by atoms with Gasteiger partial charge in [-0.2, -0.15) is 0 Å². The number of carbonyl (C=O) groups excluding carboxylic acids is 1. The van der Waals surface area contributed by atoms with E-state index in [1.54, 1.807) is 65.9 Å². The molecule has 1 atom stereocenters. The van der Waals surface area contributed by atoms with Crippen LogP contribution in [-0.4, -0.2) is 59.8 Å². The zero-order chi connectivity index (χ0) is 35.2. The summed E-state index contributed by atoms with van der Waals surface area (Å²) in [6, 6.07) is 21.6. The summed E-state index contributed by atoms with van der Waals surface area (Å²) in [5.41, 5.74) is 3.96. The highest BCUT2D eigenvalue weighted by atomic mass is 35.5. The maximum atomic E-state index is 12.7. The summed E-state index contributed by atoms with van der Waals surface area (Å²) >= 11 is 6.06. The Morgan fingerprint density at radius 2 is 1.42 bits per heavy atom. The zero-order valence-electron chi connectivity index (χ0n) is 28.1. The van der Waals surface area contributed by atoms with Crippen molar-refractivity contribution >= 4 is 23.2 Å². The molecule has 12 nitrogen and oxygen atoms in total. The van der Waals surface area contributed by atoms with Gasteiger partial charge in [-0.05, 0) is 60.2 Å². The Hall–Kier alpha value is -5.75. The number of rotatable bonds is 14. The number of nitrogens with one attached hydrogen (secondary N) is 2. The highest BCUT2D eigenvalue weighted by molar-refractivity contribution is 6.31. The molecule has 260 valence electrons. The molecule has 0 aliphatic carbocycles.